The van der Waals surface area contributed by atoms with E-state index in [1.54, 1.807) is 0 Å². The van der Waals surface area contributed by atoms with E-state index in [2.05, 4.69) is 158 Å². The Labute approximate surface area is 241 Å². The van der Waals surface area contributed by atoms with Gasteiger partial charge in [-0.05, 0) is 48.5 Å². The van der Waals surface area contributed by atoms with E-state index in [1.165, 1.54) is 21.2 Å². The van der Waals surface area contributed by atoms with E-state index < -0.39 is 7.26 Å². The van der Waals surface area contributed by atoms with Crippen LogP contribution in [0, 0.1) is 0 Å². The fourth-order valence-electron chi connectivity index (χ4n) is 5.75. The van der Waals surface area contributed by atoms with Gasteiger partial charge in [-0.15, -0.1) is 0 Å². The van der Waals surface area contributed by atoms with Gasteiger partial charge in [0.2, 0.25) is 0 Å². The number of rotatable bonds is 6. The van der Waals surface area contributed by atoms with Gasteiger partial charge in [-0.2, -0.15) is 0 Å². The van der Waals surface area contributed by atoms with E-state index >= 15 is 0 Å². The molecule has 194 valence electrons. The lowest BCUT2D eigenvalue weighted by molar-refractivity contribution is 1.30. The second kappa shape index (κ2) is 10.9. The number of hydrogen-bond donors (Lipinski definition) is 0. The maximum absolute atomic E-state index is 5.53. The molecule has 1 aromatic heterocycles. The second-order valence-corrected chi connectivity index (χ2v) is 13.3. The molecule has 0 spiro atoms. The number of para-hydroxylation sites is 1. The van der Waals surface area contributed by atoms with Gasteiger partial charge in [0.05, 0.1) is 16.9 Å². The zero-order chi connectivity index (χ0) is 27.5. The molecule has 0 aliphatic heterocycles. The molecule has 0 aliphatic carbocycles. The molecule has 0 amide bonds. The lowest BCUT2D eigenvalue weighted by Crippen LogP contribution is -2.39. The fraction of sp³-hybridized carbons (Fsp3) is 0. The minimum atomic E-state index is -2.35. The molecule has 0 aliphatic rings. The molecule has 7 rings (SSSR count). The highest BCUT2D eigenvalue weighted by Gasteiger charge is 2.49. The number of hydrogen-bond acceptors (Lipinski definition) is 2. The SMILES string of the molecule is c1ccc(-c2nc3cccc([P+](c4ccccc4)(c4ccccc4)c4ccccc4)c3nc2-c2ccccc2)cc1. The Bertz CT molecular complexity index is 1810. The van der Waals surface area contributed by atoms with Crippen LogP contribution in [0.4, 0.5) is 0 Å². The van der Waals surface area contributed by atoms with E-state index in [1.807, 2.05) is 12.1 Å². The molecular weight excluding hydrogens is 515 g/mol. The van der Waals surface area contributed by atoms with Crippen molar-refractivity contribution < 1.29 is 0 Å². The van der Waals surface area contributed by atoms with Crippen LogP contribution in [-0.4, -0.2) is 9.97 Å². The molecule has 0 unspecified atom stereocenters. The number of aromatic nitrogens is 2. The highest BCUT2D eigenvalue weighted by Crippen LogP contribution is 2.55. The first-order valence-corrected chi connectivity index (χ1v) is 15.6. The van der Waals surface area contributed by atoms with Gasteiger partial charge < -0.3 is 0 Å². The molecule has 7 aromatic rings. The average Bonchev–Trinajstić information content (AvgIpc) is 3.07. The van der Waals surface area contributed by atoms with E-state index in [0.717, 1.165) is 33.5 Å². The summed E-state index contributed by atoms with van der Waals surface area (Å²) >= 11 is 0. The van der Waals surface area contributed by atoms with Gasteiger partial charge in [0.15, 0.2) is 0 Å². The molecule has 2 nitrogen and oxygen atoms in total. The molecule has 0 bridgehead atoms. The minimum Gasteiger partial charge on any atom is -0.244 e. The molecule has 0 N–H and O–H groups in total. The fourth-order valence-corrected chi connectivity index (χ4v) is 10.1. The standard InChI is InChI=1S/C38H28N2P/c1-6-17-29(18-7-1)36-37(30-19-8-2-9-20-30)40-38-34(39-36)27-16-28-35(38)41(31-21-10-3-11-22-31,32-23-12-4-13-24-32)33-25-14-5-15-26-33/h1-28H/q+1. The largest absolute Gasteiger partial charge is 0.244 e. The average molecular weight is 544 g/mol. The first-order valence-electron chi connectivity index (χ1n) is 13.8. The third-order valence-corrected chi connectivity index (χ3v) is 11.9. The number of nitrogens with zero attached hydrogens (tertiary/aromatic N) is 2. The van der Waals surface area contributed by atoms with Gasteiger partial charge in [0.25, 0.3) is 0 Å². The van der Waals surface area contributed by atoms with Crippen molar-refractivity contribution in [3.05, 3.63) is 170 Å². The highest BCUT2D eigenvalue weighted by molar-refractivity contribution is 8.01. The molecule has 3 heteroatoms. The normalized spacial score (nSPS) is 11.4. The zero-order valence-electron chi connectivity index (χ0n) is 22.5. The second-order valence-electron chi connectivity index (χ2n) is 9.98. The summed E-state index contributed by atoms with van der Waals surface area (Å²) in [4.78, 5) is 10.9. The van der Waals surface area contributed by atoms with Gasteiger partial charge in [-0.25, -0.2) is 9.97 Å². The highest BCUT2D eigenvalue weighted by atomic mass is 31.2. The third-order valence-electron chi connectivity index (χ3n) is 7.56. The summed E-state index contributed by atoms with van der Waals surface area (Å²) in [5.74, 6) is 0. The Hall–Kier alpha value is -4.91. The van der Waals surface area contributed by atoms with Crippen LogP contribution in [0.25, 0.3) is 33.5 Å². The van der Waals surface area contributed by atoms with Gasteiger partial charge in [-0.1, -0.05) is 121 Å². The van der Waals surface area contributed by atoms with Crippen LogP contribution >= 0.6 is 7.26 Å². The number of fused-ring (bicyclic) bond motifs is 1. The quantitative estimate of drug-likeness (QED) is 0.202. The van der Waals surface area contributed by atoms with Crippen LogP contribution in [0.15, 0.2) is 170 Å². The molecule has 0 saturated heterocycles. The zero-order valence-corrected chi connectivity index (χ0v) is 23.4. The Morgan fingerprint density at radius 3 is 1.17 bits per heavy atom. The Balaban J connectivity index is 1.63. The van der Waals surface area contributed by atoms with E-state index in [-0.39, 0.29) is 0 Å². The summed E-state index contributed by atoms with van der Waals surface area (Å²) in [5.41, 5.74) is 5.73. The molecule has 41 heavy (non-hydrogen) atoms. The summed E-state index contributed by atoms with van der Waals surface area (Å²) in [7, 11) is -2.35. The van der Waals surface area contributed by atoms with Crippen molar-refractivity contribution in [1.29, 1.82) is 0 Å². The summed E-state index contributed by atoms with van der Waals surface area (Å²) < 4.78 is 0. The monoisotopic (exact) mass is 543 g/mol. The first-order chi connectivity index (χ1) is 20.4. The minimum absolute atomic E-state index is 0.893. The van der Waals surface area contributed by atoms with Gasteiger partial charge >= 0.3 is 0 Å². The molecule has 0 fully saturated rings. The predicted molar refractivity (Wildman–Crippen MR) is 175 cm³/mol. The molecule has 0 saturated carbocycles. The molecular formula is C38H28N2P+. The van der Waals surface area contributed by atoms with Gasteiger partial charge in [0.1, 0.15) is 34.0 Å². The van der Waals surface area contributed by atoms with E-state index in [4.69, 9.17) is 9.97 Å². The molecule has 0 radical (unpaired) electrons. The van der Waals surface area contributed by atoms with Crippen molar-refractivity contribution >= 4 is 39.5 Å². The maximum atomic E-state index is 5.53. The molecule has 6 aromatic carbocycles. The summed E-state index contributed by atoms with van der Waals surface area (Å²) in [6.45, 7) is 0. The first kappa shape index (κ1) is 25.1. The topological polar surface area (TPSA) is 25.8 Å². The third kappa shape index (κ3) is 4.43. The van der Waals surface area contributed by atoms with Gasteiger partial charge in [0, 0.05) is 11.1 Å². The summed E-state index contributed by atoms with van der Waals surface area (Å²) in [6.07, 6.45) is 0. The van der Waals surface area contributed by atoms with Crippen LogP contribution in [0.1, 0.15) is 0 Å². The van der Waals surface area contributed by atoms with Crippen molar-refractivity contribution in [2.75, 3.05) is 0 Å². The summed E-state index contributed by atoms with van der Waals surface area (Å²) in [5, 5.41) is 5.09. The van der Waals surface area contributed by atoms with Crippen molar-refractivity contribution in [3.8, 4) is 22.5 Å². The maximum Gasteiger partial charge on any atom is 0.146 e. The van der Waals surface area contributed by atoms with E-state index in [0.29, 0.717) is 0 Å². The predicted octanol–water partition coefficient (Wildman–Crippen LogP) is 7.58. The Morgan fingerprint density at radius 1 is 0.341 bits per heavy atom. The van der Waals surface area contributed by atoms with Crippen molar-refractivity contribution in [2.45, 2.75) is 0 Å². The number of benzene rings is 6. The van der Waals surface area contributed by atoms with E-state index in [9.17, 15) is 0 Å². The van der Waals surface area contributed by atoms with Crippen LogP contribution in [0.2, 0.25) is 0 Å². The van der Waals surface area contributed by atoms with Crippen molar-refractivity contribution in [3.63, 3.8) is 0 Å². The Morgan fingerprint density at radius 2 is 0.732 bits per heavy atom. The molecule has 1 heterocycles. The van der Waals surface area contributed by atoms with Crippen LogP contribution in [-0.2, 0) is 0 Å². The lowest BCUT2D eigenvalue weighted by Gasteiger charge is -2.28. The van der Waals surface area contributed by atoms with Crippen molar-refractivity contribution in [2.24, 2.45) is 0 Å². The summed E-state index contributed by atoms with van der Waals surface area (Å²) in [6, 6.07) is 60.1. The van der Waals surface area contributed by atoms with Crippen LogP contribution in [0.5, 0.6) is 0 Å². The smallest absolute Gasteiger partial charge is 0.146 e. The Kier molecular flexibility index (Phi) is 6.69. The van der Waals surface area contributed by atoms with Crippen LogP contribution in [0.3, 0.4) is 0 Å². The van der Waals surface area contributed by atoms with Crippen molar-refractivity contribution in [1.82, 2.24) is 9.97 Å². The van der Waals surface area contributed by atoms with Gasteiger partial charge in [-0.3, -0.25) is 0 Å². The lowest BCUT2D eigenvalue weighted by atomic mass is 10.0. The van der Waals surface area contributed by atoms with Crippen LogP contribution < -0.4 is 21.2 Å². The molecule has 0 atom stereocenters.